The number of amides is 3. The predicted molar refractivity (Wildman–Crippen MR) is 89.9 cm³/mol. The second-order valence-electron chi connectivity index (χ2n) is 5.91. The molecule has 0 spiro atoms. The number of carbonyl (C=O) groups excluding carboxylic acids is 3. The largest absolute Gasteiger partial charge is 0.355 e. The minimum Gasteiger partial charge on any atom is -0.355 e. The van der Waals surface area contributed by atoms with E-state index in [2.05, 4.69) is 16.0 Å². The Morgan fingerprint density at radius 1 is 1.28 bits per heavy atom. The van der Waals surface area contributed by atoms with Crippen LogP contribution in [-0.4, -0.2) is 54.8 Å². The SMILES string of the molecule is CC(=O)NCCNC(=O)CC1C(=O)NCCN1Cc1ccccc1F. The van der Waals surface area contributed by atoms with Gasteiger partial charge in [0.25, 0.3) is 0 Å². The Hall–Kier alpha value is -2.48. The van der Waals surface area contributed by atoms with Crippen molar-refractivity contribution in [3.8, 4) is 0 Å². The van der Waals surface area contributed by atoms with Crippen LogP contribution in [0.15, 0.2) is 24.3 Å². The van der Waals surface area contributed by atoms with Gasteiger partial charge in [-0.05, 0) is 6.07 Å². The topological polar surface area (TPSA) is 90.5 Å². The van der Waals surface area contributed by atoms with Crippen molar-refractivity contribution in [3.05, 3.63) is 35.6 Å². The molecule has 25 heavy (non-hydrogen) atoms. The lowest BCUT2D eigenvalue weighted by Gasteiger charge is -2.34. The number of halogens is 1. The molecule has 2 rings (SSSR count). The first-order valence-electron chi connectivity index (χ1n) is 8.23. The summed E-state index contributed by atoms with van der Waals surface area (Å²) < 4.78 is 13.9. The summed E-state index contributed by atoms with van der Waals surface area (Å²) in [6, 6.07) is 5.76. The highest BCUT2D eigenvalue weighted by Gasteiger charge is 2.31. The third-order valence-electron chi connectivity index (χ3n) is 3.97. The molecule has 7 nitrogen and oxygen atoms in total. The van der Waals surface area contributed by atoms with Crippen molar-refractivity contribution in [2.75, 3.05) is 26.2 Å². The molecule has 1 aromatic rings. The number of hydrogen-bond donors (Lipinski definition) is 3. The van der Waals surface area contributed by atoms with Gasteiger partial charge in [-0.1, -0.05) is 18.2 Å². The van der Waals surface area contributed by atoms with Crippen LogP contribution in [0.25, 0.3) is 0 Å². The first kappa shape index (κ1) is 18.9. The molecule has 3 amide bonds. The maximum absolute atomic E-state index is 13.9. The lowest BCUT2D eigenvalue weighted by atomic mass is 10.1. The van der Waals surface area contributed by atoms with Crippen LogP contribution in [-0.2, 0) is 20.9 Å². The zero-order valence-electron chi connectivity index (χ0n) is 14.2. The Morgan fingerprint density at radius 2 is 2.00 bits per heavy atom. The highest BCUT2D eigenvalue weighted by molar-refractivity contribution is 5.88. The Morgan fingerprint density at radius 3 is 2.72 bits per heavy atom. The summed E-state index contributed by atoms with van der Waals surface area (Å²) in [5, 5.41) is 7.98. The molecule has 8 heteroatoms. The first-order chi connectivity index (χ1) is 12.0. The summed E-state index contributed by atoms with van der Waals surface area (Å²) in [5.41, 5.74) is 0.494. The maximum Gasteiger partial charge on any atom is 0.237 e. The molecule has 0 aromatic heterocycles. The molecule has 3 N–H and O–H groups in total. The number of hydrogen-bond acceptors (Lipinski definition) is 4. The van der Waals surface area contributed by atoms with Crippen LogP contribution >= 0.6 is 0 Å². The Bertz CT molecular complexity index is 638. The number of rotatable bonds is 7. The van der Waals surface area contributed by atoms with Crippen molar-refractivity contribution in [3.63, 3.8) is 0 Å². The normalized spacial score (nSPS) is 17.7. The second kappa shape index (κ2) is 9.12. The monoisotopic (exact) mass is 350 g/mol. The Balaban J connectivity index is 1.92. The highest BCUT2D eigenvalue weighted by atomic mass is 19.1. The smallest absolute Gasteiger partial charge is 0.237 e. The van der Waals surface area contributed by atoms with Crippen LogP contribution in [0.1, 0.15) is 18.9 Å². The summed E-state index contributed by atoms with van der Waals surface area (Å²) >= 11 is 0. The number of benzene rings is 1. The standard InChI is InChI=1S/C17H23FN4O3/c1-12(23)19-6-7-20-16(24)10-15-17(25)21-8-9-22(15)11-13-4-2-3-5-14(13)18/h2-5,15H,6-11H2,1H3,(H,19,23)(H,20,24)(H,21,25). The molecule has 1 aliphatic heterocycles. The zero-order valence-corrected chi connectivity index (χ0v) is 14.2. The summed E-state index contributed by atoms with van der Waals surface area (Å²) in [7, 11) is 0. The van der Waals surface area contributed by atoms with Gasteiger partial charge in [0.15, 0.2) is 0 Å². The van der Waals surface area contributed by atoms with E-state index < -0.39 is 6.04 Å². The first-order valence-corrected chi connectivity index (χ1v) is 8.23. The van der Waals surface area contributed by atoms with Gasteiger partial charge in [-0.3, -0.25) is 19.3 Å². The number of carbonyl (C=O) groups is 3. The molecular weight excluding hydrogens is 327 g/mol. The molecule has 1 fully saturated rings. The fourth-order valence-electron chi connectivity index (χ4n) is 2.71. The summed E-state index contributed by atoms with van der Waals surface area (Å²) in [6.07, 6.45) is -0.0135. The van der Waals surface area contributed by atoms with Crippen molar-refractivity contribution >= 4 is 17.7 Å². The molecule has 0 bridgehead atoms. The van der Waals surface area contributed by atoms with E-state index in [-0.39, 0.29) is 36.5 Å². The van der Waals surface area contributed by atoms with Gasteiger partial charge in [0.1, 0.15) is 5.82 Å². The van der Waals surface area contributed by atoms with E-state index in [0.717, 1.165) is 0 Å². The number of nitrogens with zero attached hydrogens (tertiary/aromatic N) is 1. The maximum atomic E-state index is 13.9. The van der Waals surface area contributed by atoms with Crippen molar-refractivity contribution in [2.45, 2.75) is 25.9 Å². The van der Waals surface area contributed by atoms with Crippen LogP contribution in [0.2, 0.25) is 0 Å². The zero-order chi connectivity index (χ0) is 18.2. The fourth-order valence-corrected chi connectivity index (χ4v) is 2.71. The van der Waals surface area contributed by atoms with Gasteiger partial charge in [0, 0.05) is 45.2 Å². The summed E-state index contributed by atoms with van der Waals surface area (Å²) in [4.78, 5) is 36.8. The molecule has 1 saturated heterocycles. The van der Waals surface area contributed by atoms with Gasteiger partial charge in [-0.2, -0.15) is 0 Å². The molecule has 1 unspecified atom stereocenters. The van der Waals surface area contributed by atoms with E-state index in [1.165, 1.54) is 13.0 Å². The van der Waals surface area contributed by atoms with Gasteiger partial charge in [-0.25, -0.2) is 4.39 Å². The van der Waals surface area contributed by atoms with E-state index in [4.69, 9.17) is 0 Å². The van der Waals surface area contributed by atoms with Crippen molar-refractivity contribution in [1.82, 2.24) is 20.9 Å². The molecule has 136 valence electrons. The third-order valence-corrected chi connectivity index (χ3v) is 3.97. The minimum atomic E-state index is -0.644. The van der Waals surface area contributed by atoms with Crippen LogP contribution in [0, 0.1) is 5.82 Å². The fraction of sp³-hybridized carbons (Fsp3) is 0.471. The molecular formula is C17H23FN4O3. The lowest BCUT2D eigenvalue weighted by Crippen LogP contribution is -2.56. The second-order valence-corrected chi connectivity index (χ2v) is 5.91. The quantitative estimate of drug-likeness (QED) is 0.593. The molecule has 0 radical (unpaired) electrons. The number of nitrogens with one attached hydrogen (secondary N) is 3. The summed E-state index contributed by atoms with van der Waals surface area (Å²) in [5.74, 6) is -1.02. The van der Waals surface area contributed by atoms with Gasteiger partial charge in [0.2, 0.25) is 17.7 Å². The molecule has 1 aromatic carbocycles. The lowest BCUT2D eigenvalue weighted by molar-refractivity contribution is -0.134. The number of piperazine rings is 1. The summed E-state index contributed by atoms with van der Waals surface area (Å²) in [6.45, 7) is 3.30. The Labute approximate surface area is 145 Å². The van der Waals surface area contributed by atoms with Crippen molar-refractivity contribution in [1.29, 1.82) is 0 Å². The molecule has 0 saturated carbocycles. The van der Waals surface area contributed by atoms with Gasteiger partial charge in [-0.15, -0.1) is 0 Å². The Kier molecular flexibility index (Phi) is 6.88. The average Bonchev–Trinajstić information content (AvgIpc) is 2.56. The molecule has 1 aliphatic rings. The van der Waals surface area contributed by atoms with Crippen LogP contribution in [0.3, 0.4) is 0 Å². The van der Waals surface area contributed by atoms with Gasteiger partial charge < -0.3 is 16.0 Å². The van der Waals surface area contributed by atoms with E-state index in [1.807, 2.05) is 4.90 Å². The third kappa shape index (κ3) is 5.82. The highest BCUT2D eigenvalue weighted by Crippen LogP contribution is 2.16. The van der Waals surface area contributed by atoms with Gasteiger partial charge >= 0.3 is 0 Å². The van der Waals surface area contributed by atoms with E-state index in [1.54, 1.807) is 18.2 Å². The van der Waals surface area contributed by atoms with E-state index >= 15 is 0 Å². The molecule has 0 aliphatic carbocycles. The van der Waals surface area contributed by atoms with Gasteiger partial charge in [0.05, 0.1) is 12.5 Å². The van der Waals surface area contributed by atoms with E-state index in [0.29, 0.717) is 31.7 Å². The van der Waals surface area contributed by atoms with Crippen molar-refractivity contribution in [2.24, 2.45) is 0 Å². The predicted octanol–water partition coefficient (Wildman–Crippen LogP) is -0.231. The average molecular weight is 350 g/mol. The van der Waals surface area contributed by atoms with E-state index in [9.17, 15) is 18.8 Å². The van der Waals surface area contributed by atoms with Crippen LogP contribution < -0.4 is 16.0 Å². The molecule has 1 atom stereocenters. The van der Waals surface area contributed by atoms with Crippen LogP contribution in [0.5, 0.6) is 0 Å². The minimum absolute atomic E-state index is 0.0135. The molecule has 1 heterocycles. The van der Waals surface area contributed by atoms with Crippen molar-refractivity contribution < 1.29 is 18.8 Å². The van der Waals surface area contributed by atoms with Crippen LogP contribution in [0.4, 0.5) is 4.39 Å².